The van der Waals surface area contributed by atoms with Crippen LogP contribution in [0.5, 0.6) is 0 Å². The Bertz CT molecular complexity index is 565. The van der Waals surface area contributed by atoms with Gasteiger partial charge in [0.1, 0.15) is 5.82 Å². The largest absolute Gasteiger partial charge is 0.326 e. The average Bonchev–Trinajstić information content (AvgIpc) is 2.75. The molecule has 20 heavy (non-hydrogen) atoms. The lowest BCUT2D eigenvalue weighted by Gasteiger charge is -2.30. The van der Waals surface area contributed by atoms with E-state index in [0.29, 0.717) is 6.54 Å². The molecule has 2 nitrogen and oxygen atoms in total. The van der Waals surface area contributed by atoms with Crippen LogP contribution in [0.4, 0.5) is 4.39 Å². The van der Waals surface area contributed by atoms with E-state index in [2.05, 4.69) is 24.0 Å². The normalized spacial score (nSPS) is 14.5. The highest BCUT2D eigenvalue weighted by atomic mass is 32.1. The van der Waals surface area contributed by atoms with Gasteiger partial charge in [-0.25, -0.2) is 4.39 Å². The third-order valence-corrected chi connectivity index (χ3v) is 4.42. The Morgan fingerprint density at radius 1 is 1.30 bits per heavy atom. The topological polar surface area (TPSA) is 29.3 Å². The smallest absolute Gasteiger partial charge is 0.123 e. The Morgan fingerprint density at radius 3 is 2.60 bits per heavy atom. The van der Waals surface area contributed by atoms with Crippen molar-refractivity contribution in [2.45, 2.75) is 32.5 Å². The summed E-state index contributed by atoms with van der Waals surface area (Å²) in [5.41, 5.74) is 7.12. The van der Waals surface area contributed by atoms with Gasteiger partial charge < -0.3 is 5.73 Å². The van der Waals surface area contributed by atoms with Crippen LogP contribution in [-0.2, 0) is 6.54 Å². The summed E-state index contributed by atoms with van der Waals surface area (Å²) in [4.78, 5) is 4.73. The van der Waals surface area contributed by atoms with Gasteiger partial charge in [0, 0.05) is 22.3 Å². The van der Waals surface area contributed by atoms with Crippen molar-refractivity contribution in [2.75, 3.05) is 7.05 Å². The lowest BCUT2D eigenvalue weighted by Crippen LogP contribution is -2.36. The van der Waals surface area contributed by atoms with E-state index in [1.807, 2.05) is 20.0 Å². The molecule has 2 N–H and O–H groups in total. The number of thiophene rings is 1. The second kappa shape index (κ2) is 6.48. The van der Waals surface area contributed by atoms with Crippen molar-refractivity contribution >= 4 is 11.3 Å². The Hall–Kier alpha value is -1.23. The fraction of sp³-hybridized carbons (Fsp3) is 0.375. The predicted molar refractivity (Wildman–Crippen MR) is 83.3 cm³/mol. The summed E-state index contributed by atoms with van der Waals surface area (Å²) in [6, 6.07) is 11.2. The second-order valence-electron chi connectivity index (χ2n) is 5.30. The number of benzene rings is 1. The quantitative estimate of drug-likeness (QED) is 0.910. The van der Waals surface area contributed by atoms with Gasteiger partial charge in [-0.3, -0.25) is 4.90 Å². The molecule has 0 spiro atoms. The molecule has 0 saturated heterocycles. The van der Waals surface area contributed by atoms with Crippen molar-refractivity contribution in [3.05, 3.63) is 57.5 Å². The monoisotopic (exact) mass is 292 g/mol. The van der Waals surface area contributed by atoms with E-state index in [0.717, 1.165) is 5.56 Å². The molecule has 0 amide bonds. The molecule has 1 aromatic heterocycles. The van der Waals surface area contributed by atoms with Crippen molar-refractivity contribution in [3.8, 4) is 0 Å². The van der Waals surface area contributed by atoms with Gasteiger partial charge >= 0.3 is 0 Å². The lowest BCUT2D eigenvalue weighted by atomic mass is 10.1. The summed E-state index contributed by atoms with van der Waals surface area (Å²) < 4.78 is 13.3. The maximum absolute atomic E-state index is 13.3. The van der Waals surface area contributed by atoms with Gasteiger partial charge in [-0.15, -0.1) is 11.3 Å². The zero-order chi connectivity index (χ0) is 14.7. The van der Waals surface area contributed by atoms with Crippen LogP contribution < -0.4 is 5.73 Å². The fourth-order valence-electron chi connectivity index (χ4n) is 2.51. The predicted octanol–water partition coefficient (Wildman–Crippen LogP) is 3.72. The van der Waals surface area contributed by atoms with E-state index in [9.17, 15) is 4.39 Å². The van der Waals surface area contributed by atoms with E-state index in [1.54, 1.807) is 23.5 Å². The van der Waals surface area contributed by atoms with E-state index >= 15 is 0 Å². The van der Waals surface area contributed by atoms with Gasteiger partial charge in [-0.2, -0.15) is 0 Å². The molecule has 0 radical (unpaired) electrons. The van der Waals surface area contributed by atoms with Crippen LogP contribution in [0.3, 0.4) is 0 Å². The van der Waals surface area contributed by atoms with Crippen LogP contribution in [0, 0.1) is 12.7 Å². The van der Waals surface area contributed by atoms with Gasteiger partial charge in [-0.05, 0) is 50.7 Å². The van der Waals surface area contributed by atoms with Gasteiger partial charge in [0.25, 0.3) is 0 Å². The molecule has 2 atom stereocenters. The Kier molecular flexibility index (Phi) is 4.91. The Labute approximate surface area is 124 Å². The molecule has 1 aromatic carbocycles. The molecule has 4 heteroatoms. The highest BCUT2D eigenvalue weighted by Gasteiger charge is 2.22. The standard InChI is InChI=1S/C16H21FN2S/c1-11-7-8-15(20-11)16(12(2)18)19(3)10-13-5-4-6-14(17)9-13/h4-9,12,16H,10,18H2,1-3H3. The van der Waals surface area contributed by atoms with Crippen molar-refractivity contribution in [1.29, 1.82) is 0 Å². The van der Waals surface area contributed by atoms with Crippen LogP contribution in [0.1, 0.15) is 28.3 Å². The number of hydrogen-bond acceptors (Lipinski definition) is 3. The van der Waals surface area contributed by atoms with Crippen LogP contribution in [0.2, 0.25) is 0 Å². The first-order chi connectivity index (χ1) is 9.47. The lowest BCUT2D eigenvalue weighted by molar-refractivity contribution is 0.214. The molecule has 1 heterocycles. The number of aryl methyl sites for hydroxylation is 1. The third kappa shape index (κ3) is 3.66. The molecular formula is C16H21FN2S. The van der Waals surface area contributed by atoms with Crippen LogP contribution >= 0.6 is 11.3 Å². The summed E-state index contributed by atoms with van der Waals surface area (Å²) in [7, 11) is 2.04. The highest BCUT2D eigenvalue weighted by Crippen LogP contribution is 2.29. The molecule has 0 bridgehead atoms. The molecular weight excluding hydrogens is 271 g/mol. The number of likely N-dealkylation sites (N-methyl/N-ethyl adjacent to an activating group) is 1. The minimum Gasteiger partial charge on any atom is -0.326 e. The van der Waals surface area contributed by atoms with E-state index < -0.39 is 0 Å². The van der Waals surface area contributed by atoms with Crippen LogP contribution in [0.25, 0.3) is 0 Å². The van der Waals surface area contributed by atoms with Crippen molar-refractivity contribution in [2.24, 2.45) is 5.73 Å². The molecule has 0 fully saturated rings. The molecule has 2 aromatic rings. The molecule has 2 unspecified atom stereocenters. The minimum absolute atomic E-state index is 0.0200. The Morgan fingerprint density at radius 2 is 2.05 bits per heavy atom. The molecule has 0 aliphatic heterocycles. The zero-order valence-electron chi connectivity index (χ0n) is 12.1. The Balaban J connectivity index is 2.17. The number of hydrogen-bond donors (Lipinski definition) is 1. The van der Waals surface area contributed by atoms with Crippen LogP contribution in [-0.4, -0.2) is 18.0 Å². The summed E-state index contributed by atoms with van der Waals surface area (Å²) in [6.45, 7) is 4.79. The number of nitrogens with two attached hydrogens (primary N) is 1. The highest BCUT2D eigenvalue weighted by molar-refractivity contribution is 7.12. The first-order valence-electron chi connectivity index (χ1n) is 6.74. The van der Waals surface area contributed by atoms with E-state index in [4.69, 9.17) is 5.73 Å². The number of nitrogens with zero attached hydrogens (tertiary/aromatic N) is 1. The minimum atomic E-state index is -0.194. The summed E-state index contributed by atoms with van der Waals surface area (Å²) >= 11 is 1.77. The third-order valence-electron chi connectivity index (χ3n) is 3.35. The molecule has 0 aliphatic carbocycles. The summed E-state index contributed by atoms with van der Waals surface area (Å²) in [6.07, 6.45) is 0. The van der Waals surface area contributed by atoms with Crippen molar-refractivity contribution in [3.63, 3.8) is 0 Å². The van der Waals surface area contributed by atoms with Crippen molar-refractivity contribution in [1.82, 2.24) is 4.90 Å². The van der Waals surface area contributed by atoms with Crippen molar-refractivity contribution < 1.29 is 4.39 Å². The van der Waals surface area contributed by atoms with Gasteiger partial charge in [0.2, 0.25) is 0 Å². The molecule has 0 saturated carbocycles. The first-order valence-corrected chi connectivity index (χ1v) is 7.55. The van der Waals surface area contributed by atoms with Gasteiger partial charge in [0.15, 0.2) is 0 Å². The van der Waals surface area contributed by atoms with Crippen LogP contribution in [0.15, 0.2) is 36.4 Å². The number of rotatable bonds is 5. The van der Waals surface area contributed by atoms with Gasteiger partial charge in [0.05, 0.1) is 6.04 Å². The van der Waals surface area contributed by atoms with E-state index in [-0.39, 0.29) is 17.9 Å². The second-order valence-corrected chi connectivity index (χ2v) is 6.62. The number of halogens is 1. The summed E-state index contributed by atoms with van der Waals surface area (Å²) in [5.74, 6) is -0.194. The van der Waals surface area contributed by atoms with Gasteiger partial charge in [-0.1, -0.05) is 12.1 Å². The maximum Gasteiger partial charge on any atom is 0.123 e. The zero-order valence-corrected chi connectivity index (χ0v) is 13.0. The summed E-state index contributed by atoms with van der Waals surface area (Å²) in [5, 5.41) is 0. The SMILES string of the molecule is Cc1ccc(C(C(C)N)N(C)Cc2cccc(F)c2)s1. The molecule has 0 aliphatic rings. The average molecular weight is 292 g/mol. The molecule has 2 rings (SSSR count). The first kappa shape index (κ1) is 15.2. The maximum atomic E-state index is 13.3. The molecule has 108 valence electrons. The fourth-order valence-corrected chi connectivity index (χ4v) is 3.67. The van der Waals surface area contributed by atoms with E-state index in [1.165, 1.54) is 15.8 Å².